The number of carbonyl (C=O) groups is 3. The minimum Gasteiger partial charge on any atom is -0.469 e. The standard InChI is InChI=1S/C23H31N3O6/c1-4-5-10-31-22(28)11-18(23(29)30-3)14-25-21(27)13-19-12-20(26-32-19)17-8-6-16(7-9-17)15(2)24/h6-9,18-19H,2,4-5,10-14,24H2,1,3H3,(H,25,27). The summed E-state index contributed by atoms with van der Waals surface area (Å²) in [6.07, 6.45) is 1.62. The van der Waals surface area contributed by atoms with Gasteiger partial charge in [-0.3, -0.25) is 14.4 Å². The Bertz CT molecular complexity index is 850. The van der Waals surface area contributed by atoms with Crippen molar-refractivity contribution >= 4 is 29.3 Å². The van der Waals surface area contributed by atoms with Crippen molar-refractivity contribution in [1.82, 2.24) is 5.32 Å². The van der Waals surface area contributed by atoms with E-state index < -0.39 is 24.0 Å². The van der Waals surface area contributed by atoms with Crippen LogP contribution in [0.5, 0.6) is 0 Å². The fourth-order valence-corrected chi connectivity index (χ4v) is 3.10. The molecular formula is C23H31N3O6. The smallest absolute Gasteiger partial charge is 0.311 e. The van der Waals surface area contributed by atoms with Crippen LogP contribution in [0.25, 0.3) is 5.70 Å². The zero-order valence-electron chi connectivity index (χ0n) is 18.6. The molecule has 0 aliphatic carbocycles. The van der Waals surface area contributed by atoms with Crippen LogP contribution in [0.3, 0.4) is 0 Å². The fourth-order valence-electron chi connectivity index (χ4n) is 3.10. The largest absolute Gasteiger partial charge is 0.469 e. The first kappa shape index (κ1) is 24.9. The van der Waals surface area contributed by atoms with Gasteiger partial charge in [0.1, 0.15) is 6.10 Å². The van der Waals surface area contributed by atoms with Crippen molar-refractivity contribution in [2.45, 2.75) is 45.1 Å². The molecular weight excluding hydrogens is 414 g/mol. The average Bonchev–Trinajstić information content (AvgIpc) is 3.24. The number of nitrogens with two attached hydrogens (primary N) is 1. The molecule has 0 aromatic heterocycles. The Balaban J connectivity index is 1.80. The molecule has 0 saturated carbocycles. The first-order valence-electron chi connectivity index (χ1n) is 10.6. The number of ether oxygens (including phenoxy) is 2. The molecule has 1 aromatic carbocycles. The number of carbonyl (C=O) groups excluding carboxylic acids is 3. The van der Waals surface area contributed by atoms with Crippen molar-refractivity contribution in [2.75, 3.05) is 20.3 Å². The lowest BCUT2D eigenvalue weighted by molar-refractivity contribution is -0.153. The van der Waals surface area contributed by atoms with Gasteiger partial charge in [0.25, 0.3) is 0 Å². The molecule has 0 fully saturated rings. The molecule has 174 valence electrons. The highest BCUT2D eigenvalue weighted by Gasteiger charge is 2.27. The van der Waals surface area contributed by atoms with Crippen LogP contribution in [0.15, 0.2) is 36.0 Å². The van der Waals surface area contributed by atoms with Gasteiger partial charge in [-0.15, -0.1) is 0 Å². The van der Waals surface area contributed by atoms with Crippen LogP contribution in [0.4, 0.5) is 0 Å². The molecule has 0 spiro atoms. The van der Waals surface area contributed by atoms with Crippen LogP contribution >= 0.6 is 0 Å². The predicted molar refractivity (Wildman–Crippen MR) is 119 cm³/mol. The van der Waals surface area contributed by atoms with E-state index in [1.807, 2.05) is 31.2 Å². The van der Waals surface area contributed by atoms with Gasteiger partial charge in [-0.1, -0.05) is 49.3 Å². The van der Waals surface area contributed by atoms with E-state index in [2.05, 4.69) is 17.1 Å². The number of rotatable bonds is 12. The summed E-state index contributed by atoms with van der Waals surface area (Å²) >= 11 is 0. The van der Waals surface area contributed by atoms with Gasteiger partial charge in [-0.2, -0.15) is 0 Å². The van der Waals surface area contributed by atoms with Gasteiger partial charge in [-0.05, 0) is 17.5 Å². The van der Waals surface area contributed by atoms with E-state index in [1.165, 1.54) is 7.11 Å². The summed E-state index contributed by atoms with van der Waals surface area (Å²) in [5.41, 5.74) is 8.61. The van der Waals surface area contributed by atoms with Gasteiger partial charge in [-0.25, -0.2) is 0 Å². The van der Waals surface area contributed by atoms with E-state index in [0.717, 1.165) is 29.7 Å². The molecule has 9 nitrogen and oxygen atoms in total. The van der Waals surface area contributed by atoms with E-state index in [-0.39, 0.29) is 25.3 Å². The number of nitrogens with one attached hydrogen (secondary N) is 1. The predicted octanol–water partition coefficient (Wildman–Crippen LogP) is 2.14. The third kappa shape index (κ3) is 7.72. The number of esters is 2. The number of amides is 1. The van der Waals surface area contributed by atoms with Crippen molar-refractivity contribution in [1.29, 1.82) is 0 Å². The maximum absolute atomic E-state index is 12.3. The van der Waals surface area contributed by atoms with Gasteiger partial charge in [0.2, 0.25) is 5.91 Å². The molecule has 1 aliphatic rings. The summed E-state index contributed by atoms with van der Waals surface area (Å²) < 4.78 is 9.83. The molecule has 1 aromatic rings. The van der Waals surface area contributed by atoms with Crippen molar-refractivity contribution in [3.63, 3.8) is 0 Å². The Morgan fingerprint density at radius 3 is 2.66 bits per heavy atom. The zero-order chi connectivity index (χ0) is 23.5. The molecule has 1 amide bonds. The molecule has 0 saturated heterocycles. The summed E-state index contributed by atoms with van der Waals surface area (Å²) in [6.45, 7) is 5.96. The van der Waals surface area contributed by atoms with E-state index in [0.29, 0.717) is 18.7 Å². The third-order valence-corrected chi connectivity index (χ3v) is 4.99. The average molecular weight is 446 g/mol. The van der Waals surface area contributed by atoms with Crippen molar-refractivity contribution in [3.8, 4) is 0 Å². The summed E-state index contributed by atoms with van der Waals surface area (Å²) in [7, 11) is 1.24. The van der Waals surface area contributed by atoms with Crippen molar-refractivity contribution in [2.24, 2.45) is 16.8 Å². The molecule has 1 aliphatic heterocycles. The van der Waals surface area contributed by atoms with Gasteiger partial charge < -0.3 is 25.4 Å². The van der Waals surface area contributed by atoms with Gasteiger partial charge in [0, 0.05) is 18.7 Å². The molecule has 1 heterocycles. The number of oxime groups is 1. The minimum absolute atomic E-state index is 0.0285. The second kappa shape index (κ2) is 12.5. The van der Waals surface area contributed by atoms with E-state index >= 15 is 0 Å². The van der Waals surface area contributed by atoms with Gasteiger partial charge in [0.05, 0.1) is 38.2 Å². The highest BCUT2D eigenvalue weighted by Crippen LogP contribution is 2.20. The molecule has 9 heteroatoms. The number of hydrogen-bond donors (Lipinski definition) is 2. The lowest BCUT2D eigenvalue weighted by Crippen LogP contribution is -2.36. The summed E-state index contributed by atoms with van der Waals surface area (Å²) in [5, 5.41) is 6.74. The second-order valence-corrected chi connectivity index (χ2v) is 7.58. The molecule has 0 radical (unpaired) electrons. The Hall–Kier alpha value is -3.36. The van der Waals surface area contributed by atoms with Crippen LogP contribution in [-0.2, 0) is 28.7 Å². The van der Waals surface area contributed by atoms with Crippen molar-refractivity contribution < 1.29 is 28.7 Å². The maximum atomic E-state index is 12.3. The number of methoxy groups -OCH3 is 1. The van der Waals surface area contributed by atoms with Crippen LogP contribution in [0.2, 0.25) is 0 Å². The van der Waals surface area contributed by atoms with E-state index in [9.17, 15) is 14.4 Å². The highest BCUT2D eigenvalue weighted by molar-refractivity contribution is 6.01. The van der Waals surface area contributed by atoms with Gasteiger partial charge >= 0.3 is 11.9 Å². The third-order valence-electron chi connectivity index (χ3n) is 4.99. The van der Waals surface area contributed by atoms with Crippen LogP contribution in [0.1, 0.15) is 50.2 Å². The minimum atomic E-state index is -0.815. The number of benzene rings is 1. The Kier molecular flexibility index (Phi) is 9.72. The zero-order valence-corrected chi connectivity index (χ0v) is 18.6. The Labute approximate surface area is 188 Å². The van der Waals surface area contributed by atoms with E-state index in [1.54, 1.807) is 0 Å². The molecule has 3 N–H and O–H groups in total. The first-order valence-corrected chi connectivity index (χ1v) is 10.6. The van der Waals surface area contributed by atoms with Crippen LogP contribution in [-0.4, -0.2) is 49.9 Å². The number of unbranched alkanes of at least 4 members (excludes halogenated alkanes) is 1. The SMILES string of the molecule is C=C(N)c1ccc(C2=NOC(CC(=O)NCC(CC(=O)OCCCC)C(=O)OC)C2)cc1. The summed E-state index contributed by atoms with van der Waals surface area (Å²) in [4.78, 5) is 41.6. The number of nitrogens with zero attached hydrogens (tertiary/aromatic N) is 1. The fraction of sp³-hybridized carbons (Fsp3) is 0.478. The lowest BCUT2D eigenvalue weighted by atomic mass is 10.0. The van der Waals surface area contributed by atoms with Crippen LogP contribution < -0.4 is 11.1 Å². The van der Waals surface area contributed by atoms with Crippen molar-refractivity contribution in [3.05, 3.63) is 42.0 Å². The summed E-state index contributed by atoms with van der Waals surface area (Å²) in [6, 6.07) is 7.44. The first-order chi connectivity index (χ1) is 15.3. The monoisotopic (exact) mass is 445 g/mol. The Morgan fingerprint density at radius 2 is 2.03 bits per heavy atom. The molecule has 2 rings (SSSR count). The highest BCUT2D eigenvalue weighted by atomic mass is 16.6. The lowest BCUT2D eigenvalue weighted by Gasteiger charge is -2.15. The molecule has 2 unspecified atom stereocenters. The van der Waals surface area contributed by atoms with Crippen LogP contribution in [0, 0.1) is 5.92 Å². The quantitative estimate of drug-likeness (QED) is 0.372. The molecule has 2 atom stereocenters. The topological polar surface area (TPSA) is 129 Å². The molecule has 0 bridgehead atoms. The molecule has 32 heavy (non-hydrogen) atoms. The number of hydrogen-bond acceptors (Lipinski definition) is 8. The summed E-state index contributed by atoms with van der Waals surface area (Å²) in [5.74, 6) is -2.20. The maximum Gasteiger partial charge on any atom is 0.311 e. The normalized spacial score (nSPS) is 15.8. The van der Waals surface area contributed by atoms with E-state index in [4.69, 9.17) is 20.0 Å². The van der Waals surface area contributed by atoms with Gasteiger partial charge in [0.15, 0.2) is 0 Å². The second-order valence-electron chi connectivity index (χ2n) is 7.58. The Morgan fingerprint density at radius 1 is 1.31 bits per heavy atom.